The van der Waals surface area contributed by atoms with E-state index in [1.807, 2.05) is 21.7 Å². The number of hydrogen-bond donors (Lipinski definition) is 0. The van der Waals surface area contributed by atoms with Gasteiger partial charge < -0.3 is 14.4 Å². The largest absolute Gasteiger partial charge is 0.349 e. The topological polar surface area (TPSA) is 67.2 Å². The lowest BCUT2D eigenvalue weighted by molar-refractivity contribution is -0.131. The molecule has 0 saturated carbocycles. The molecule has 0 aliphatic carbocycles. The maximum atomic E-state index is 12.6. The van der Waals surface area contributed by atoms with Crippen molar-refractivity contribution >= 4 is 23.3 Å². The van der Waals surface area contributed by atoms with E-state index in [2.05, 4.69) is 40.9 Å². The van der Waals surface area contributed by atoms with Crippen molar-refractivity contribution in [3.63, 3.8) is 0 Å². The molecule has 0 bridgehead atoms. The number of halogens is 1. The van der Waals surface area contributed by atoms with Crippen molar-refractivity contribution in [3.8, 4) is 0 Å². The standard InChI is InChI=1S/C17H23ClN6O/c1-12(2)23-10-14(19-11-23)8-17(25)22-6-7-24(13(3)9-22)16-5-4-15(18)20-21-16/h4-5,10-13H,6-9H2,1-3H3/t13-/m1/s1. The summed E-state index contributed by atoms with van der Waals surface area (Å²) in [5.41, 5.74) is 0.817. The van der Waals surface area contributed by atoms with Crippen molar-refractivity contribution in [2.45, 2.75) is 39.3 Å². The number of amides is 1. The third kappa shape index (κ3) is 4.10. The summed E-state index contributed by atoms with van der Waals surface area (Å²) in [5.74, 6) is 0.905. The maximum absolute atomic E-state index is 12.6. The predicted octanol–water partition coefficient (Wildman–Crippen LogP) is 2.19. The number of anilines is 1. The third-order valence-corrected chi connectivity index (χ3v) is 4.68. The van der Waals surface area contributed by atoms with E-state index in [0.717, 1.165) is 18.1 Å². The van der Waals surface area contributed by atoms with E-state index in [1.54, 1.807) is 12.4 Å². The van der Waals surface area contributed by atoms with E-state index in [4.69, 9.17) is 11.6 Å². The minimum atomic E-state index is 0.114. The van der Waals surface area contributed by atoms with Gasteiger partial charge in [-0.05, 0) is 32.9 Å². The van der Waals surface area contributed by atoms with E-state index < -0.39 is 0 Å². The highest BCUT2D eigenvalue weighted by molar-refractivity contribution is 6.29. The van der Waals surface area contributed by atoms with Gasteiger partial charge in [0.15, 0.2) is 11.0 Å². The molecule has 3 heterocycles. The summed E-state index contributed by atoms with van der Waals surface area (Å²) in [6, 6.07) is 4.11. The minimum Gasteiger partial charge on any atom is -0.349 e. The molecule has 2 aromatic heterocycles. The van der Waals surface area contributed by atoms with E-state index >= 15 is 0 Å². The molecule has 1 atom stereocenters. The van der Waals surface area contributed by atoms with Gasteiger partial charge in [-0.25, -0.2) is 4.98 Å². The number of carbonyl (C=O) groups is 1. The van der Waals surface area contributed by atoms with Gasteiger partial charge in [0.25, 0.3) is 0 Å². The number of carbonyl (C=O) groups excluding carboxylic acids is 1. The smallest absolute Gasteiger partial charge is 0.228 e. The van der Waals surface area contributed by atoms with Crippen molar-refractivity contribution < 1.29 is 4.79 Å². The molecule has 0 radical (unpaired) electrons. The van der Waals surface area contributed by atoms with E-state index in [0.29, 0.717) is 30.7 Å². The first-order valence-electron chi connectivity index (χ1n) is 8.50. The number of imidazole rings is 1. The molecule has 1 aliphatic heterocycles. The lowest BCUT2D eigenvalue weighted by Gasteiger charge is -2.40. The molecule has 0 N–H and O–H groups in total. The van der Waals surface area contributed by atoms with Gasteiger partial charge in [0.05, 0.1) is 18.4 Å². The molecule has 0 spiro atoms. The van der Waals surface area contributed by atoms with Gasteiger partial charge in [0.1, 0.15) is 0 Å². The average molecular weight is 363 g/mol. The number of rotatable bonds is 4. The molecule has 1 saturated heterocycles. The van der Waals surface area contributed by atoms with Gasteiger partial charge in [0.2, 0.25) is 5.91 Å². The summed E-state index contributed by atoms with van der Waals surface area (Å²) in [5, 5.41) is 8.42. The second kappa shape index (κ2) is 7.39. The fraction of sp³-hybridized carbons (Fsp3) is 0.529. The zero-order valence-electron chi connectivity index (χ0n) is 14.8. The lowest BCUT2D eigenvalue weighted by Crippen LogP contribution is -2.54. The second-order valence-electron chi connectivity index (χ2n) is 6.68. The van der Waals surface area contributed by atoms with Gasteiger partial charge in [-0.3, -0.25) is 4.79 Å². The zero-order valence-corrected chi connectivity index (χ0v) is 15.5. The monoisotopic (exact) mass is 362 g/mol. The zero-order chi connectivity index (χ0) is 18.0. The van der Waals surface area contributed by atoms with Crippen LogP contribution in [-0.2, 0) is 11.2 Å². The SMILES string of the molecule is CC(C)n1cnc(CC(=O)N2CCN(c3ccc(Cl)nn3)[C@H](C)C2)c1. The molecule has 8 heteroatoms. The molecule has 1 fully saturated rings. The highest BCUT2D eigenvalue weighted by atomic mass is 35.5. The summed E-state index contributed by atoms with van der Waals surface area (Å²) < 4.78 is 2.02. The highest BCUT2D eigenvalue weighted by Crippen LogP contribution is 2.19. The van der Waals surface area contributed by atoms with Crippen LogP contribution in [0, 0.1) is 0 Å². The molecule has 1 aliphatic rings. The second-order valence-corrected chi connectivity index (χ2v) is 7.07. The number of hydrogen-bond acceptors (Lipinski definition) is 5. The summed E-state index contributed by atoms with van der Waals surface area (Å²) in [6.07, 6.45) is 4.08. The summed E-state index contributed by atoms with van der Waals surface area (Å²) >= 11 is 5.80. The van der Waals surface area contributed by atoms with Crippen LogP contribution in [0.5, 0.6) is 0 Å². The molecular weight excluding hydrogens is 340 g/mol. The summed E-state index contributed by atoms with van der Waals surface area (Å²) in [7, 11) is 0. The average Bonchev–Trinajstić information content (AvgIpc) is 3.04. The fourth-order valence-electron chi connectivity index (χ4n) is 3.01. The highest BCUT2D eigenvalue weighted by Gasteiger charge is 2.28. The van der Waals surface area contributed by atoms with Crippen LogP contribution in [-0.4, -0.2) is 56.2 Å². The molecule has 1 amide bonds. The maximum Gasteiger partial charge on any atom is 0.228 e. The summed E-state index contributed by atoms with van der Waals surface area (Å²) in [4.78, 5) is 21.0. The van der Waals surface area contributed by atoms with Crippen molar-refractivity contribution in [3.05, 3.63) is 35.5 Å². The molecule has 25 heavy (non-hydrogen) atoms. The number of piperazine rings is 1. The Bertz CT molecular complexity index is 729. The van der Waals surface area contributed by atoms with E-state index in [-0.39, 0.29) is 11.9 Å². The molecule has 0 unspecified atom stereocenters. The van der Waals surface area contributed by atoms with Crippen molar-refractivity contribution in [1.29, 1.82) is 0 Å². The fourth-order valence-corrected chi connectivity index (χ4v) is 3.11. The normalized spacial score (nSPS) is 18.0. The van der Waals surface area contributed by atoms with Crippen LogP contribution >= 0.6 is 11.6 Å². The Kier molecular flexibility index (Phi) is 5.22. The Morgan fingerprint density at radius 1 is 1.32 bits per heavy atom. The van der Waals surface area contributed by atoms with Crippen LogP contribution in [0.25, 0.3) is 0 Å². The van der Waals surface area contributed by atoms with Crippen LogP contribution in [0.2, 0.25) is 5.15 Å². The minimum absolute atomic E-state index is 0.114. The molecule has 7 nitrogen and oxygen atoms in total. The lowest BCUT2D eigenvalue weighted by atomic mass is 10.1. The molecular formula is C17H23ClN6O. The van der Waals surface area contributed by atoms with Gasteiger partial charge in [-0.1, -0.05) is 11.6 Å². The Morgan fingerprint density at radius 3 is 2.72 bits per heavy atom. The molecule has 3 rings (SSSR count). The van der Waals surface area contributed by atoms with Crippen LogP contribution in [0.15, 0.2) is 24.7 Å². The van der Waals surface area contributed by atoms with Crippen molar-refractivity contribution in [2.75, 3.05) is 24.5 Å². The Labute approximate surface area is 152 Å². The first kappa shape index (κ1) is 17.7. The van der Waals surface area contributed by atoms with Crippen molar-refractivity contribution in [1.82, 2.24) is 24.6 Å². The van der Waals surface area contributed by atoms with Crippen LogP contribution in [0.3, 0.4) is 0 Å². The molecule has 0 aromatic carbocycles. The van der Waals surface area contributed by atoms with Gasteiger partial charge in [-0.2, -0.15) is 0 Å². The third-order valence-electron chi connectivity index (χ3n) is 4.48. The Balaban J connectivity index is 1.59. The van der Waals surface area contributed by atoms with Crippen LogP contribution in [0.4, 0.5) is 5.82 Å². The molecule has 2 aromatic rings. The Hall–Kier alpha value is -2.15. The first-order chi connectivity index (χ1) is 11.9. The number of aromatic nitrogens is 4. The summed E-state index contributed by atoms with van der Waals surface area (Å²) in [6.45, 7) is 8.32. The Morgan fingerprint density at radius 2 is 2.12 bits per heavy atom. The van der Waals surface area contributed by atoms with Gasteiger partial charge in [0, 0.05) is 37.9 Å². The van der Waals surface area contributed by atoms with E-state index in [9.17, 15) is 4.79 Å². The number of nitrogens with zero attached hydrogens (tertiary/aromatic N) is 6. The predicted molar refractivity (Wildman–Crippen MR) is 96.7 cm³/mol. The van der Waals surface area contributed by atoms with Gasteiger partial charge in [-0.15, -0.1) is 10.2 Å². The van der Waals surface area contributed by atoms with Crippen LogP contribution < -0.4 is 4.90 Å². The van der Waals surface area contributed by atoms with E-state index in [1.165, 1.54) is 0 Å². The van der Waals surface area contributed by atoms with Gasteiger partial charge >= 0.3 is 0 Å². The first-order valence-corrected chi connectivity index (χ1v) is 8.88. The molecule has 134 valence electrons. The van der Waals surface area contributed by atoms with Crippen molar-refractivity contribution in [2.24, 2.45) is 0 Å². The van der Waals surface area contributed by atoms with Crippen LogP contribution in [0.1, 0.15) is 32.5 Å². The quantitative estimate of drug-likeness (QED) is 0.834.